The van der Waals surface area contributed by atoms with Crippen LogP contribution in [0, 0.1) is 19.7 Å². The van der Waals surface area contributed by atoms with Crippen LogP contribution in [0.25, 0.3) is 0 Å². The summed E-state index contributed by atoms with van der Waals surface area (Å²) in [5.41, 5.74) is 2.56. The minimum Gasteiger partial charge on any atom is -0.458 e. The Kier molecular flexibility index (Phi) is 5.11. The van der Waals surface area contributed by atoms with E-state index in [0.29, 0.717) is 25.6 Å². The molecule has 1 aliphatic rings. The largest absolute Gasteiger partial charge is 0.458 e. The number of aryl methyl sites for hydroxylation is 2. The number of rotatable bonds is 4. The minimum atomic E-state index is -0.289. The normalized spacial score (nSPS) is 16.8. The summed E-state index contributed by atoms with van der Waals surface area (Å²) in [5, 5.41) is 2.84. The van der Waals surface area contributed by atoms with Crippen LogP contribution in [-0.2, 0) is 6.54 Å². The van der Waals surface area contributed by atoms with Crippen molar-refractivity contribution in [2.45, 2.75) is 32.9 Å². The number of aromatic nitrogens is 2. The number of amides is 2. The van der Waals surface area contributed by atoms with E-state index < -0.39 is 0 Å². The lowest BCUT2D eigenvalue weighted by Crippen LogP contribution is -2.39. The zero-order valence-electron chi connectivity index (χ0n) is 14.3. The van der Waals surface area contributed by atoms with Crippen LogP contribution in [0.4, 0.5) is 9.18 Å². The van der Waals surface area contributed by atoms with Gasteiger partial charge in [0.2, 0.25) is 0 Å². The highest BCUT2D eigenvalue weighted by Crippen LogP contribution is 2.16. The third-order valence-corrected chi connectivity index (χ3v) is 4.02. The van der Waals surface area contributed by atoms with E-state index in [4.69, 9.17) is 4.74 Å². The summed E-state index contributed by atoms with van der Waals surface area (Å²) in [4.78, 5) is 22.5. The number of carbonyl (C=O) groups excluding carboxylic acids is 1. The molecule has 132 valence electrons. The minimum absolute atomic E-state index is 0.113. The molecule has 7 heteroatoms. The number of hydrogen-bond acceptors (Lipinski definition) is 4. The molecule has 1 saturated heterocycles. The van der Waals surface area contributed by atoms with Gasteiger partial charge in [0.1, 0.15) is 11.9 Å². The molecule has 1 fully saturated rings. The van der Waals surface area contributed by atoms with Gasteiger partial charge in [-0.15, -0.1) is 0 Å². The number of likely N-dealkylation sites (tertiary alicyclic amines) is 1. The average molecular weight is 344 g/mol. The average Bonchev–Trinajstić information content (AvgIpc) is 3.01. The van der Waals surface area contributed by atoms with Gasteiger partial charge < -0.3 is 15.0 Å². The first kappa shape index (κ1) is 17.1. The number of halogens is 1. The molecule has 2 heterocycles. The van der Waals surface area contributed by atoms with Crippen LogP contribution in [0.1, 0.15) is 23.4 Å². The monoisotopic (exact) mass is 344 g/mol. The topological polar surface area (TPSA) is 67.3 Å². The van der Waals surface area contributed by atoms with Crippen molar-refractivity contribution in [1.82, 2.24) is 20.2 Å². The van der Waals surface area contributed by atoms with Crippen molar-refractivity contribution in [2.24, 2.45) is 0 Å². The molecule has 25 heavy (non-hydrogen) atoms. The second kappa shape index (κ2) is 7.46. The summed E-state index contributed by atoms with van der Waals surface area (Å²) in [6.07, 6.45) is 0.623. The molecule has 0 radical (unpaired) electrons. The molecule has 1 aromatic carbocycles. The number of carbonyl (C=O) groups is 1. The molecule has 1 aliphatic heterocycles. The van der Waals surface area contributed by atoms with Gasteiger partial charge in [-0.05, 0) is 37.6 Å². The first-order valence-corrected chi connectivity index (χ1v) is 8.26. The number of ether oxygens (including phenoxy) is 1. The van der Waals surface area contributed by atoms with E-state index in [0.717, 1.165) is 23.4 Å². The van der Waals surface area contributed by atoms with Crippen LogP contribution in [0.2, 0.25) is 0 Å². The predicted molar refractivity (Wildman–Crippen MR) is 90.7 cm³/mol. The van der Waals surface area contributed by atoms with Crippen molar-refractivity contribution in [2.75, 3.05) is 13.1 Å². The molecule has 1 aromatic heterocycles. The van der Waals surface area contributed by atoms with Crippen molar-refractivity contribution in [3.8, 4) is 6.01 Å². The molecule has 1 atom stereocenters. The summed E-state index contributed by atoms with van der Waals surface area (Å²) in [6, 6.07) is 8.16. The molecule has 1 unspecified atom stereocenters. The molecule has 2 amide bonds. The summed E-state index contributed by atoms with van der Waals surface area (Å²) in [6.45, 7) is 5.26. The van der Waals surface area contributed by atoms with Crippen molar-refractivity contribution in [3.63, 3.8) is 0 Å². The molecular formula is C18H21FN4O2. The van der Waals surface area contributed by atoms with E-state index in [1.54, 1.807) is 17.0 Å². The van der Waals surface area contributed by atoms with Crippen molar-refractivity contribution in [1.29, 1.82) is 0 Å². The van der Waals surface area contributed by atoms with E-state index in [2.05, 4.69) is 15.3 Å². The van der Waals surface area contributed by atoms with Gasteiger partial charge in [0.05, 0.1) is 6.54 Å². The molecule has 6 nitrogen and oxygen atoms in total. The van der Waals surface area contributed by atoms with Gasteiger partial charge in [0.25, 0.3) is 0 Å². The fourth-order valence-corrected chi connectivity index (χ4v) is 2.80. The Balaban J connectivity index is 1.49. The van der Waals surface area contributed by atoms with Gasteiger partial charge >= 0.3 is 12.0 Å². The Hall–Kier alpha value is -2.70. The van der Waals surface area contributed by atoms with Gasteiger partial charge in [-0.2, -0.15) is 0 Å². The van der Waals surface area contributed by atoms with Crippen molar-refractivity contribution < 1.29 is 13.9 Å². The van der Waals surface area contributed by atoms with Crippen LogP contribution in [0.5, 0.6) is 6.01 Å². The van der Waals surface area contributed by atoms with Crippen LogP contribution in [0.3, 0.4) is 0 Å². The number of hydrogen-bond donors (Lipinski definition) is 1. The number of nitrogens with one attached hydrogen (secondary N) is 1. The quantitative estimate of drug-likeness (QED) is 0.926. The van der Waals surface area contributed by atoms with Crippen LogP contribution in [0.15, 0.2) is 30.3 Å². The van der Waals surface area contributed by atoms with Crippen LogP contribution in [-0.4, -0.2) is 40.1 Å². The SMILES string of the molecule is Cc1cc(C)nc(OC2CCN(C(=O)NCc3ccc(F)cc3)C2)n1. The molecular weight excluding hydrogens is 323 g/mol. The second-order valence-corrected chi connectivity index (χ2v) is 6.19. The number of urea groups is 1. The third-order valence-electron chi connectivity index (χ3n) is 4.02. The Morgan fingerprint density at radius 1 is 1.28 bits per heavy atom. The maximum atomic E-state index is 12.9. The van der Waals surface area contributed by atoms with Gasteiger partial charge in [-0.1, -0.05) is 12.1 Å². The standard InChI is InChI=1S/C18H21FN4O2/c1-12-9-13(2)22-17(21-12)25-16-7-8-23(11-16)18(24)20-10-14-3-5-15(19)6-4-14/h3-6,9,16H,7-8,10-11H2,1-2H3,(H,20,24). The molecule has 0 saturated carbocycles. The molecule has 0 aliphatic carbocycles. The number of nitrogens with zero attached hydrogens (tertiary/aromatic N) is 3. The lowest BCUT2D eigenvalue weighted by atomic mass is 10.2. The van der Waals surface area contributed by atoms with Crippen molar-refractivity contribution >= 4 is 6.03 Å². The zero-order chi connectivity index (χ0) is 17.8. The summed E-state index contributed by atoms with van der Waals surface area (Å²) < 4.78 is 18.7. The second-order valence-electron chi connectivity index (χ2n) is 6.19. The van der Waals surface area contributed by atoms with Crippen LogP contribution < -0.4 is 10.1 Å². The third kappa shape index (κ3) is 4.65. The summed E-state index contributed by atoms with van der Waals surface area (Å²) >= 11 is 0. The molecule has 3 rings (SSSR count). The lowest BCUT2D eigenvalue weighted by Gasteiger charge is -2.17. The highest BCUT2D eigenvalue weighted by Gasteiger charge is 2.28. The fraction of sp³-hybridized carbons (Fsp3) is 0.389. The molecule has 0 bridgehead atoms. The van der Waals surface area contributed by atoms with E-state index in [-0.39, 0.29) is 18.0 Å². The van der Waals surface area contributed by atoms with E-state index in [1.807, 2.05) is 19.9 Å². The highest BCUT2D eigenvalue weighted by atomic mass is 19.1. The first-order chi connectivity index (χ1) is 12.0. The predicted octanol–water partition coefficient (Wildman–Crippen LogP) is 2.60. The molecule has 0 spiro atoms. The van der Waals surface area contributed by atoms with E-state index in [9.17, 15) is 9.18 Å². The Morgan fingerprint density at radius 2 is 1.96 bits per heavy atom. The smallest absolute Gasteiger partial charge is 0.317 e. The Bertz CT molecular complexity index is 731. The Labute approximate surface area is 146 Å². The van der Waals surface area contributed by atoms with Gasteiger partial charge in [-0.25, -0.2) is 19.2 Å². The maximum absolute atomic E-state index is 12.9. The van der Waals surface area contributed by atoms with E-state index >= 15 is 0 Å². The van der Waals surface area contributed by atoms with Crippen molar-refractivity contribution in [3.05, 3.63) is 53.1 Å². The Morgan fingerprint density at radius 3 is 2.64 bits per heavy atom. The molecule has 1 N–H and O–H groups in total. The number of benzene rings is 1. The fourth-order valence-electron chi connectivity index (χ4n) is 2.80. The first-order valence-electron chi connectivity index (χ1n) is 8.26. The maximum Gasteiger partial charge on any atom is 0.317 e. The summed E-state index contributed by atoms with van der Waals surface area (Å²) in [5.74, 6) is -0.289. The van der Waals surface area contributed by atoms with Crippen LogP contribution >= 0.6 is 0 Å². The molecule has 2 aromatic rings. The van der Waals surface area contributed by atoms with Gasteiger partial charge in [0, 0.05) is 30.9 Å². The zero-order valence-corrected chi connectivity index (χ0v) is 14.3. The van der Waals surface area contributed by atoms with Gasteiger partial charge in [0.15, 0.2) is 0 Å². The van der Waals surface area contributed by atoms with E-state index in [1.165, 1.54) is 12.1 Å². The van der Waals surface area contributed by atoms with Gasteiger partial charge in [-0.3, -0.25) is 0 Å². The highest BCUT2D eigenvalue weighted by molar-refractivity contribution is 5.74. The summed E-state index contributed by atoms with van der Waals surface area (Å²) in [7, 11) is 0. The lowest BCUT2D eigenvalue weighted by molar-refractivity contribution is 0.177.